The van der Waals surface area contributed by atoms with Crippen LogP contribution in [0.3, 0.4) is 0 Å². The molecule has 0 spiro atoms. The van der Waals surface area contributed by atoms with Crippen LogP contribution < -0.4 is 15.4 Å². The van der Waals surface area contributed by atoms with Crippen molar-refractivity contribution in [2.75, 3.05) is 17.7 Å². The van der Waals surface area contributed by atoms with Gasteiger partial charge in [0.05, 0.1) is 12.7 Å². The maximum atomic E-state index is 12.6. The molecule has 2 N–H and O–H groups in total. The van der Waals surface area contributed by atoms with E-state index in [2.05, 4.69) is 10.6 Å². The average Bonchev–Trinajstić information content (AvgIpc) is 3.14. The van der Waals surface area contributed by atoms with Crippen LogP contribution in [0.2, 0.25) is 0 Å². The second kappa shape index (κ2) is 11.3. The summed E-state index contributed by atoms with van der Waals surface area (Å²) in [6.07, 6.45) is 6.57. The van der Waals surface area contributed by atoms with Gasteiger partial charge < -0.3 is 20.1 Å². The van der Waals surface area contributed by atoms with Gasteiger partial charge in [-0.15, -0.1) is 11.3 Å². The molecule has 0 aliphatic heterocycles. The lowest BCUT2D eigenvalue weighted by Gasteiger charge is -2.12. The van der Waals surface area contributed by atoms with Crippen LogP contribution in [0.4, 0.5) is 10.7 Å². The molecular formula is C26H28N2O3S2. The number of benzene rings is 2. The molecule has 5 nitrogen and oxygen atoms in total. The number of hydrogen-bond acceptors (Lipinski definition) is 5. The summed E-state index contributed by atoms with van der Waals surface area (Å²) in [5, 5.41) is 7.64. The molecule has 0 unspecified atom stereocenters. The van der Waals surface area contributed by atoms with Gasteiger partial charge in [0.15, 0.2) is 5.11 Å². The average molecular weight is 481 g/mol. The lowest BCUT2D eigenvalue weighted by molar-refractivity contribution is 0.0601. The Hall–Kier alpha value is -2.90. The smallest absolute Gasteiger partial charge is 0.341 e. The summed E-state index contributed by atoms with van der Waals surface area (Å²) < 4.78 is 10.9. The molecule has 0 atom stereocenters. The highest BCUT2D eigenvalue weighted by Crippen LogP contribution is 2.37. The molecule has 0 radical (unpaired) electrons. The third-order valence-corrected chi connectivity index (χ3v) is 7.06. The zero-order chi connectivity index (χ0) is 23.0. The maximum absolute atomic E-state index is 12.6. The van der Waals surface area contributed by atoms with E-state index >= 15 is 0 Å². The van der Waals surface area contributed by atoms with Crippen LogP contribution in [-0.4, -0.2) is 18.2 Å². The van der Waals surface area contributed by atoms with Gasteiger partial charge >= 0.3 is 5.97 Å². The van der Waals surface area contributed by atoms with Crippen molar-refractivity contribution in [2.24, 2.45) is 0 Å². The van der Waals surface area contributed by atoms with E-state index in [1.54, 1.807) is 11.3 Å². The molecule has 1 heterocycles. The van der Waals surface area contributed by atoms with Gasteiger partial charge in [-0.3, -0.25) is 0 Å². The second-order valence-electron chi connectivity index (χ2n) is 7.99. The Balaban J connectivity index is 1.41. The number of esters is 1. The van der Waals surface area contributed by atoms with Crippen LogP contribution in [0.5, 0.6) is 5.75 Å². The lowest BCUT2D eigenvalue weighted by atomic mass is 9.96. The Bertz CT molecular complexity index is 1090. The molecule has 172 valence electrons. The van der Waals surface area contributed by atoms with Gasteiger partial charge in [0.1, 0.15) is 17.4 Å². The van der Waals surface area contributed by atoms with Crippen LogP contribution in [0.15, 0.2) is 54.6 Å². The molecule has 0 saturated heterocycles. The van der Waals surface area contributed by atoms with Crippen LogP contribution in [0, 0.1) is 0 Å². The van der Waals surface area contributed by atoms with Gasteiger partial charge in [-0.1, -0.05) is 43.2 Å². The quantitative estimate of drug-likeness (QED) is 0.307. The number of ether oxygens (including phenoxy) is 2. The number of rotatable bonds is 6. The molecule has 0 saturated carbocycles. The van der Waals surface area contributed by atoms with E-state index in [0.717, 1.165) is 53.2 Å². The van der Waals surface area contributed by atoms with Gasteiger partial charge in [-0.25, -0.2) is 4.79 Å². The first-order valence-corrected chi connectivity index (χ1v) is 12.4. The number of aryl methyl sites for hydroxylation is 1. The highest BCUT2D eigenvalue weighted by atomic mass is 32.1. The topological polar surface area (TPSA) is 59.6 Å². The molecule has 0 amide bonds. The summed E-state index contributed by atoms with van der Waals surface area (Å²) in [6.45, 7) is 0.521. The highest BCUT2D eigenvalue weighted by Gasteiger charge is 2.25. The van der Waals surface area contributed by atoms with Gasteiger partial charge in [0, 0.05) is 10.6 Å². The van der Waals surface area contributed by atoms with Crippen LogP contribution in [0.25, 0.3) is 0 Å². The fourth-order valence-electron chi connectivity index (χ4n) is 3.97. The summed E-state index contributed by atoms with van der Waals surface area (Å²) in [4.78, 5) is 13.8. The van der Waals surface area contributed by atoms with Crippen molar-refractivity contribution in [3.63, 3.8) is 0 Å². The van der Waals surface area contributed by atoms with E-state index in [4.69, 9.17) is 21.7 Å². The third kappa shape index (κ3) is 6.12. The summed E-state index contributed by atoms with van der Waals surface area (Å²) in [6, 6.07) is 17.7. The van der Waals surface area contributed by atoms with E-state index < -0.39 is 0 Å². The Morgan fingerprint density at radius 1 is 0.970 bits per heavy atom. The summed E-state index contributed by atoms with van der Waals surface area (Å²) >= 11 is 7.16. The predicted octanol–water partition coefficient (Wildman–Crippen LogP) is 6.58. The van der Waals surface area contributed by atoms with Crippen molar-refractivity contribution in [3.05, 3.63) is 76.2 Å². The number of carbonyl (C=O) groups is 1. The number of thiophene rings is 1. The standard InChI is InChI=1S/C26H28N2O3S2/c1-30-25(29)23-21-11-7-2-3-8-12-22(21)33-24(23)28-26(32)27-19-13-15-20(16-14-19)31-17-18-9-5-4-6-10-18/h4-6,9-10,13-16H,2-3,7-8,11-12,17H2,1H3,(H2,27,28,32). The van der Waals surface area contributed by atoms with E-state index in [-0.39, 0.29) is 5.97 Å². The van der Waals surface area contributed by atoms with Crippen molar-refractivity contribution in [1.82, 2.24) is 0 Å². The second-order valence-corrected chi connectivity index (χ2v) is 9.50. The minimum atomic E-state index is -0.307. The number of anilines is 2. The van der Waals surface area contributed by atoms with Crippen molar-refractivity contribution in [2.45, 2.75) is 45.1 Å². The molecule has 0 bridgehead atoms. The van der Waals surface area contributed by atoms with E-state index in [1.807, 2.05) is 54.6 Å². The summed E-state index contributed by atoms with van der Waals surface area (Å²) in [5.41, 5.74) is 3.72. The SMILES string of the molecule is COC(=O)c1c(NC(=S)Nc2ccc(OCc3ccccc3)cc2)sc2c1CCCCCC2. The Labute approximate surface area is 204 Å². The summed E-state index contributed by atoms with van der Waals surface area (Å²) in [5.74, 6) is 0.479. The number of nitrogens with one attached hydrogen (secondary N) is 2. The van der Waals surface area contributed by atoms with Crippen molar-refractivity contribution >= 4 is 45.3 Å². The number of thiocarbonyl (C=S) groups is 1. The number of hydrogen-bond donors (Lipinski definition) is 2. The molecule has 2 aromatic carbocycles. The third-order valence-electron chi connectivity index (χ3n) is 5.65. The first-order valence-electron chi connectivity index (χ1n) is 11.2. The fraction of sp³-hybridized carbons (Fsp3) is 0.308. The maximum Gasteiger partial charge on any atom is 0.341 e. The minimum absolute atomic E-state index is 0.307. The van der Waals surface area contributed by atoms with E-state index in [1.165, 1.54) is 24.8 Å². The number of fused-ring (bicyclic) bond motifs is 1. The molecule has 1 aliphatic carbocycles. The van der Waals surface area contributed by atoms with Gasteiger partial charge in [-0.05, 0) is 73.3 Å². The van der Waals surface area contributed by atoms with Crippen LogP contribution in [-0.2, 0) is 24.2 Å². The van der Waals surface area contributed by atoms with E-state index in [9.17, 15) is 4.79 Å². The number of methoxy groups -OCH3 is 1. The molecule has 33 heavy (non-hydrogen) atoms. The van der Waals surface area contributed by atoms with Crippen molar-refractivity contribution in [1.29, 1.82) is 0 Å². The largest absolute Gasteiger partial charge is 0.489 e. The molecule has 3 aromatic rings. The summed E-state index contributed by atoms with van der Waals surface area (Å²) in [7, 11) is 1.43. The van der Waals surface area contributed by atoms with Crippen LogP contribution >= 0.6 is 23.6 Å². The number of carbonyl (C=O) groups excluding carboxylic acids is 1. The Morgan fingerprint density at radius 2 is 1.70 bits per heavy atom. The normalized spacial score (nSPS) is 13.2. The van der Waals surface area contributed by atoms with Crippen molar-refractivity contribution < 1.29 is 14.3 Å². The predicted molar refractivity (Wildman–Crippen MR) is 139 cm³/mol. The first-order chi connectivity index (χ1) is 16.1. The molecule has 1 aliphatic rings. The molecule has 7 heteroatoms. The Kier molecular flexibility index (Phi) is 7.96. The fourth-order valence-corrected chi connectivity index (χ4v) is 5.53. The van der Waals surface area contributed by atoms with Gasteiger partial charge in [-0.2, -0.15) is 0 Å². The van der Waals surface area contributed by atoms with Gasteiger partial charge in [0.25, 0.3) is 0 Å². The van der Waals surface area contributed by atoms with Gasteiger partial charge in [0.2, 0.25) is 0 Å². The monoisotopic (exact) mass is 480 g/mol. The molecule has 1 aromatic heterocycles. The highest BCUT2D eigenvalue weighted by molar-refractivity contribution is 7.80. The lowest BCUT2D eigenvalue weighted by Crippen LogP contribution is -2.20. The zero-order valence-electron chi connectivity index (χ0n) is 18.7. The molecular weight excluding hydrogens is 452 g/mol. The van der Waals surface area contributed by atoms with Crippen LogP contribution in [0.1, 0.15) is 52.0 Å². The zero-order valence-corrected chi connectivity index (χ0v) is 20.3. The first kappa shape index (κ1) is 23.3. The Morgan fingerprint density at radius 3 is 2.42 bits per heavy atom. The molecule has 0 fully saturated rings. The minimum Gasteiger partial charge on any atom is -0.489 e. The van der Waals surface area contributed by atoms with Crippen molar-refractivity contribution in [3.8, 4) is 5.75 Å². The van der Waals surface area contributed by atoms with E-state index in [0.29, 0.717) is 17.3 Å². The molecule has 4 rings (SSSR count).